The van der Waals surface area contributed by atoms with Crippen LogP contribution in [0.15, 0.2) is 53.4 Å². The van der Waals surface area contributed by atoms with Gasteiger partial charge in [-0.2, -0.15) is 4.31 Å². The molecule has 0 aromatic heterocycles. The second kappa shape index (κ2) is 9.26. The van der Waals surface area contributed by atoms with Crippen molar-refractivity contribution in [2.24, 2.45) is 5.41 Å². The van der Waals surface area contributed by atoms with Crippen molar-refractivity contribution >= 4 is 21.6 Å². The molecule has 0 unspecified atom stereocenters. The van der Waals surface area contributed by atoms with Crippen LogP contribution in [0.2, 0.25) is 0 Å². The number of nitrogens with zero attached hydrogens (tertiary/aromatic N) is 2. The second-order valence-electron chi connectivity index (χ2n) is 10.1. The Morgan fingerprint density at radius 3 is 2.03 bits per heavy atom. The Bertz CT molecular complexity index is 1220. The molecule has 2 saturated heterocycles. The van der Waals surface area contributed by atoms with Crippen LogP contribution in [-0.2, 0) is 14.8 Å². The van der Waals surface area contributed by atoms with E-state index in [2.05, 4.69) is 4.74 Å². The number of hydrogen-bond donors (Lipinski definition) is 0. The first-order valence-electron chi connectivity index (χ1n) is 11.7. The van der Waals surface area contributed by atoms with E-state index < -0.39 is 32.4 Å². The maximum Gasteiger partial charge on any atom is 0.573 e. The van der Waals surface area contributed by atoms with E-state index >= 15 is 0 Å². The zero-order chi connectivity index (χ0) is 26.4. The molecule has 7 nitrogen and oxygen atoms in total. The van der Waals surface area contributed by atoms with Gasteiger partial charge in [-0.15, -0.1) is 13.2 Å². The smallest absolute Gasteiger partial charge is 0.488 e. The van der Waals surface area contributed by atoms with Gasteiger partial charge in [0.15, 0.2) is 0 Å². The molecule has 0 bridgehead atoms. The molecular weight excluding hydrogens is 497 g/mol. The molecular formula is C25H29F3N2O5S. The molecule has 2 aliphatic rings. The van der Waals surface area contributed by atoms with Gasteiger partial charge in [0, 0.05) is 25.3 Å². The number of amides is 1. The summed E-state index contributed by atoms with van der Waals surface area (Å²) in [5.41, 5.74) is -0.302. The van der Waals surface area contributed by atoms with Crippen molar-refractivity contribution in [3.63, 3.8) is 0 Å². The highest BCUT2D eigenvalue weighted by Gasteiger charge is 2.50. The van der Waals surface area contributed by atoms with E-state index in [1.54, 1.807) is 4.90 Å². The molecule has 2 aromatic rings. The normalized spacial score (nSPS) is 19.1. The van der Waals surface area contributed by atoms with E-state index in [9.17, 15) is 26.4 Å². The summed E-state index contributed by atoms with van der Waals surface area (Å²) in [6.07, 6.45) is -3.87. The first-order chi connectivity index (χ1) is 16.7. The number of hydrogen-bond acceptors (Lipinski definition) is 5. The van der Waals surface area contributed by atoms with Gasteiger partial charge in [0.2, 0.25) is 15.9 Å². The van der Waals surface area contributed by atoms with Crippen LogP contribution in [0, 0.1) is 5.41 Å². The molecule has 0 radical (unpaired) electrons. The Balaban J connectivity index is 1.46. The molecule has 11 heteroatoms. The van der Waals surface area contributed by atoms with Crippen LogP contribution in [-0.4, -0.2) is 50.2 Å². The third-order valence-corrected chi connectivity index (χ3v) is 8.40. The van der Waals surface area contributed by atoms with Gasteiger partial charge in [0.1, 0.15) is 22.0 Å². The zero-order valence-corrected chi connectivity index (χ0v) is 21.2. The number of halogens is 3. The van der Waals surface area contributed by atoms with Gasteiger partial charge in [-0.1, -0.05) is 12.1 Å². The zero-order valence-electron chi connectivity index (χ0n) is 20.3. The minimum absolute atomic E-state index is 0.0284. The summed E-state index contributed by atoms with van der Waals surface area (Å²) < 4.78 is 75.6. The maximum absolute atomic E-state index is 13.4. The average molecular weight is 527 g/mol. The highest BCUT2D eigenvalue weighted by Crippen LogP contribution is 2.44. The number of carbonyl (C=O) groups excluding carboxylic acids is 1. The summed E-state index contributed by atoms with van der Waals surface area (Å²) in [4.78, 5) is 14.6. The van der Waals surface area contributed by atoms with Crippen molar-refractivity contribution in [1.82, 2.24) is 4.31 Å². The SMILES string of the molecule is CC(C)(C)Oc1ccc(N2CCC3(CCN(S(=O)(=O)c4ccccc4OC(F)(F)F)CC3)C2=O)cc1. The molecule has 2 aromatic carbocycles. The van der Waals surface area contributed by atoms with E-state index in [0.29, 0.717) is 18.7 Å². The van der Waals surface area contributed by atoms with Crippen molar-refractivity contribution in [3.05, 3.63) is 48.5 Å². The predicted octanol–water partition coefficient (Wildman–Crippen LogP) is 4.97. The molecule has 4 rings (SSSR count). The molecule has 1 spiro atoms. The van der Waals surface area contributed by atoms with Gasteiger partial charge in [-0.25, -0.2) is 8.42 Å². The molecule has 1 amide bonds. The Morgan fingerprint density at radius 2 is 1.44 bits per heavy atom. The fourth-order valence-corrected chi connectivity index (χ4v) is 6.30. The molecule has 2 fully saturated rings. The molecule has 2 aliphatic heterocycles. The van der Waals surface area contributed by atoms with Gasteiger partial charge < -0.3 is 14.4 Å². The first-order valence-corrected chi connectivity index (χ1v) is 13.1. The number of rotatable bonds is 5. The summed E-state index contributed by atoms with van der Waals surface area (Å²) in [6.45, 7) is 6.41. The summed E-state index contributed by atoms with van der Waals surface area (Å²) in [7, 11) is -4.24. The average Bonchev–Trinajstić information content (AvgIpc) is 3.08. The molecule has 2 heterocycles. The van der Waals surface area contributed by atoms with Crippen LogP contribution >= 0.6 is 0 Å². The summed E-state index contributed by atoms with van der Waals surface area (Å²) in [6, 6.07) is 12.0. The lowest BCUT2D eigenvalue weighted by Crippen LogP contribution is -2.46. The lowest BCUT2D eigenvalue weighted by Gasteiger charge is -2.37. The van der Waals surface area contributed by atoms with Crippen molar-refractivity contribution in [2.45, 2.75) is 56.9 Å². The number of para-hydroxylation sites is 1. The van der Waals surface area contributed by atoms with Gasteiger partial charge in [0.05, 0.1) is 5.41 Å². The van der Waals surface area contributed by atoms with Crippen LogP contribution in [0.1, 0.15) is 40.0 Å². The predicted molar refractivity (Wildman–Crippen MR) is 127 cm³/mol. The Kier molecular flexibility index (Phi) is 6.76. The van der Waals surface area contributed by atoms with Gasteiger partial charge in [-0.05, 0) is 76.4 Å². The molecule has 0 saturated carbocycles. The number of benzene rings is 2. The van der Waals surface area contributed by atoms with Crippen molar-refractivity contribution < 1.29 is 35.9 Å². The van der Waals surface area contributed by atoms with E-state index in [1.807, 2.05) is 45.0 Å². The number of carbonyl (C=O) groups is 1. The van der Waals surface area contributed by atoms with E-state index in [0.717, 1.165) is 22.1 Å². The molecule has 0 aliphatic carbocycles. The standard InChI is InChI=1S/C25H29F3N2O5S/c1-23(2,3)34-19-10-8-18(9-11-19)30-17-14-24(22(30)31)12-15-29(16-13-24)36(32,33)21-7-5-4-6-20(21)35-25(26,27)28/h4-11H,12-17H2,1-3H3. The minimum Gasteiger partial charge on any atom is -0.488 e. The highest BCUT2D eigenvalue weighted by molar-refractivity contribution is 7.89. The largest absolute Gasteiger partial charge is 0.573 e. The topological polar surface area (TPSA) is 76.2 Å². The minimum atomic E-state index is -5.02. The van der Waals surface area contributed by atoms with E-state index in [4.69, 9.17) is 4.74 Å². The van der Waals surface area contributed by atoms with Crippen molar-refractivity contribution in [2.75, 3.05) is 24.5 Å². The number of sulfonamides is 1. The van der Waals surface area contributed by atoms with Gasteiger partial charge in [0.25, 0.3) is 0 Å². The number of piperidine rings is 1. The Hall–Kier alpha value is -2.79. The summed E-state index contributed by atoms with van der Waals surface area (Å²) in [5.74, 6) is -0.141. The summed E-state index contributed by atoms with van der Waals surface area (Å²) >= 11 is 0. The van der Waals surface area contributed by atoms with Crippen LogP contribution in [0.5, 0.6) is 11.5 Å². The van der Waals surface area contributed by atoms with E-state index in [-0.39, 0.29) is 37.4 Å². The van der Waals surface area contributed by atoms with Gasteiger partial charge in [-0.3, -0.25) is 4.79 Å². The second-order valence-corrected chi connectivity index (χ2v) is 12.0. The maximum atomic E-state index is 13.4. The fraction of sp³-hybridized carbons (Fsp3) is 0.480. The lowest BCUT2D eigenvalue weighted by atomic mass is 9.77. The Morgan fingerprint density at radius 1 is 0.861 bits per heavy atom. The van der Waals surface area contributed by atoms with E-state index in [1.165, 1.54) is 12.1 Å². The molecule has 36 heavy (non-hydrogen) atoms. The molecule has 0 atom stereocenters. The lowest BCUT2D eigenvalue weighted by molar-refractivity contribution is -0.275. The molecule has 196 valence electrons. The van der Waals surface area contributed by atoms with Crippen LogP contribution < -0.4 is 14.4 Å². The Labute approximate surface area is 208 Å². The highest BCUT2D eigenvalue weighted by atomic mass is 32.2. The number of ether oxygens (including phenoxy) is 2. The first kappa shape index (κ1) is 26.3. The monoisotopic (exact) mass is 526 g/mol. The fourth-order valence-electron chi connectivity index (χ4n) is 4.74. The van der Waals surface area contributed by atoms with Crippen LogP contribution in [0.4, 0.5) is 18.9 Å². The quantitative estimate of drug-likeness (QED) is 0.550. The molecule has 0 N–H and O–H groups in total. The van der Waals surface area contributed by atoms with Crippen molar-refractivity contribution in [3.8, 4) is 11.5 Å². The third kappa shape index (κ3) is 5.46. The summed E-state index contributed by atoms with van der Waals surface area (Å²) in [5, 5.41) is 0. The van der Waals surface area contributed by atoms with Crippen molar-refractivity contribution in [1.29, 1.82) is 0 Å². The number of alkyl halides is 3. The van der Waals surface area contributed by atoms with Crippen LogP contribution in [0.25, 0.3) is 0 Å². The number of anilines is 1. The van der Waals surface area contributed by atoms with Crippen LogP contribution in [0.3, 0.4) is 0 Å². The third-order valence-electron chi connectivity index (χ3n) is 6.46. The van der Waals surface area contributed by atoms with Gasteiger partial charge >= 0.3 is 6.36 Å².